The van der Waals surface area contributed by atoms with E-state index >= 15 is 0 Å². The molecule has 0 saturated carbocycles. The number of hydrogen-bond acceptors (Lipinski definition) is 7. The number of anilines is 2. The molecular weight excluding hydrogens is 857 g/mol. The number of aryl methyl sites for hydroxylation is 5. The van der Waals surface area contributed by atoms with Crippen molar-refractivity contribution in [3.63, 3.8) is 0 Å². The van der Waals surface area contributed by atoms with E-state index in [0.717, 1.165) is 79.9 Å². The highest BCUT2D eigenvalue weighted by Crippen LogP contribution is 2.39. The number of carbonyl (C=O) groups is 2. The monoisotopic (exact) mass is 945 g/mol. The number of pyridine rings is 1. The van der Waals surface area contributed by atoms with Crippen LogP contribution in [0.25, 0.3) is 5.57 Å². The van der Waals surface area contributed by atoms with Gasteiger partial charge in [0.15, 0.2) is 11.5 Å². The Labute approximate surface area is 417 Å². The van der Waals surface area contributed by atoms with Crippen molar-refractivity contribution in [3.05, 3.63) is 129 Å². The Hall–Kier alpha value is -5.41. The van der Waals surface area contributed by atoms with E-state index in [9.17, 15) is 9.59 Å². The topological polar surface area (TPSA) is 102 Å². The highest BCUT2D eigenvalue weighted by atomic mass is 16.5. The van der Waals surface area contributed by atoms with Crippen molar-refractivity contribution in [1.29, 1.82) is 0 Å². The first kappa shape index (κ1) is 57.9. The summed E-state index contributed by atoms with van der Waals surface area (Å²) in [5, 5.41) is 6.11. The van der Waals surface area contributed by atoms with E-state index in [1.165, 1.54) is 45.4 Å². The summed E-state index contributed by atoms with van der Waals surface area (Å²) in [6.45, 7) is 33.8. The minimum Gasteiger partial charge on any atom is -0.493 e. The molecular formula is C60H88N4O5. The van der Waals surface area contributed by atoms with Gasteiger partial charge in [-0.05, 0) is 167 Å². The number of rotatable bonds is 17. The van der Waals surface area contributed by atoms with Crippen molar-refractivity contribution in [3.8, 4) is 11.5 Å². The first-order chi connectivity index (χ1) is 32.8. The molecule has 3 aromatic carbocycles. The predicted octanol–water partition coefficient (Wildman–Crippen LogP) is 14.3. The van der Waals surface area contributed by atoms with Gasteiger partial charge < -0.3 is 29.7 Å². The number of ether oxygens (including phenoxy) is 3. The van der Waals surface area contributed by atoms with Gasteiger partial charge in [0.25, 0.3) is 5.91 Å². The van der Waals surface area contributed by atoms with Crippen LogP contribution < -0.4 is 25.0 Å². The fourth-order valence-corrected chi connectivity index (χ4v) is 8.73. The zero-order valence-electron chi connectivity index (χ0n) is 45.7. The van der Waals surface area contributed by atoms with Gasteiger partial charge in [0.05, 0.1) is 25.0 Å². The van der Waals surface area contributed by atoms with Crippen molar-refractivity contribution in [1.82, 2.24) is 10.3 Å². The van der Waals surface area contributed by atoms with Gasteiger partial charge in [0.2, 0.25) is 6.41 Å². The summed E-state index contributed by atoms with van der Waals surface area (Å²) < 4.78 is 17.5. The van der Waals surface area contributed by atoms with Crippen molar-refractivity contribution < 1.29 is 23.8 Å². The third-order valence-electron chi connectivity index (χ3n) is 12.6. The maximum atomic E-state index is 13.7. The summed E-state index contributed by atoms with van der Waals surface area (Å²) in [6.07, 6.45) is 12.2. The molecule has 0 fully saturated rings. The normalized spacial score (nSPS) is 15.1. The van der Waals surface area contributed by atoms with Crippen molar-refractivity contribution in [2.75, 3.05) is 37.5 Å². The van der Waals surface area contributed by atoms with E-state index in [1.807, 2.05) is 69.1 Å². The second-order valence-corrected chi connectivity index (χ2v) is 20.0. The van der Waals surface area contributed by atoms with Crippen molar-refractivity contribution >= 4 is 29.3 Å². The number of hydrogen-bond donors (Lipinski definition) is 2. The summed E-state index contributed by atoms with van der Waals surface area (Å²) in [5.74, 6) is 1.68. The Bertz CT molecular complexity index is 2340. The molecule has 0 saturated heterocycles. The SMILES string of the molecule is CC.CCCC(C)(C)OCC(C)(C)C.CCc1cc(C)cc(COc2cc(C)c(C(=O)N3c4ccccc4CC3CC)cc2OC)n1.CNc1cc(C)c(C)cc1C1=C(CCNC=O)C(C)CC=C1. The second-order valence-electron chi connectivity index (χ2n) is 20.0. The van der Waals surface area contributed by atoms with Crippen LogP contribution in [0.2, 0.25) is 0 Å². The van der Waals surface area contributed by atoms with Crippen LogP contribution in [0.5, 0.6) is 11.5 Å². The highest BCUT2D eigenvalue weighted by Gasteiger charge is 2.34. The smallest absolute Gasteiger partial charge is 0.258 e. The predicted molar refractivity (Wildman–Crippen MR) is 291 cm³/mol. The van der Waals surface area contributed by atoms with Gasteiger partial charge in [0, 0.05) is 47.8 Å². The average molecular weight is 945 g/mol. The van der Waals surface area contributed by atoms with Crippen LogP contribution in [0.1, 0.15) is 163 Å². The number of benzene rings is 3. The molecule has 0 radical (unpaired) electrons. The standard InChI is InChI=1S/C28H32N2O3.C19H26N2O.C11H24O.C2H6/c1-6-21-12-18(3)13-22(29-21)17-33-27-14-19(4)24(16-26(27)32-5)28(31)30-23(7-2)15-20-10-8-9-11-25(20)30;1-13-6-5-7-17(16(13)8-9-21-12-22)18-10-14(2)15(3)11-19(18)20-4;1-7-8-11(5,6)12-9-10(2,3)4;1-2/h8-14,16,23H,6-7,15,17H2,1-5H3;5,7,10-13,20H,6,8-9H2,1-4H3,(H,21,22);7-9H2,1-6H3;1-2H3. The van der Waals surface area contributed by atoms with E-state index in [4.69, 9.17) is 14.2 Å². The Kier molecular flexibility index (Phi) is 23.2. The molecule has 0 spiro atoms. The maximum absolute atomic E-state index is 13.7. The van der Waals surface area contributed by atoms with Gasteiger partial charge in [-0.2, -0.15) is 0 Å². The Morgan fingerprint density at radius 1 is 0.899 bits per heavy atom. The number of amides is 2. The molecule has 1 aromatic heterocycles. The van der Waals surface area contributed by atoms with Gasteiger partial charge in [-0.25, -0.2) is 0 Å². The first-order valence-corrected chi connectivity index (χ1v) is 25.5. The van der Waals surface area contributed by atoms with Crippen LogP contribution in [0.3, 0.4) is 0 Å². The van der Waals surface area contributed by atoms with Gasteiger partial charge >= 0.3 is 0 Å². The van der Waals surface area contributed by atoms with Gasteiger partial charge in [-0.15, -0.1) is 0 Å². The van der Waals surface area contributed by atoms with Crippen molar-refractivity contribution in [2.45, 2.75) is 167 Å². The minimum absolute atomic E-state index is 0.00193. The number of fused-ring (bicyclic) bond motifs is 1. The van der Waals surface area contributed by atoms with E-state index in [-0.39, 0.29) is 23.0 Å². The zero-order valence-corrected chi connectivity index (χ0v) is 45.7. The third kappa shape index (κ3) is 16.9. The number of para-hydroxylation sites is 1. The highest BCUT2D eigenvalue weighted by molar-refractivity contribution is 6.09. The number of methoxy groups -OCH3 is 1. The molecule has 6 rings (SSSR count). The molecule has 9 nitrogen and oxygen atoms in total. The summed E-state index contributed by atoms with van der Waals surface area (Å²) in [6, 6.07) is 20.6. The van der Waals surface area contributed by atoms with E-state index in [1.54, 1.807) is 7.11 Å². The molecule has 2 unspecified atom stereocenters. The molecule has 378 valence electrons. The number of nitrogens with one attached hydrogen (secondary N) is 2. The van der Waals surface area contributed by atoms with Crippen LogP contribution in [0, 0.1) is 39.0 Å². The van der Waals surface area contributed by atoms with E-state index in [2.05, 4.69) is 135 Å². The number of carbonyl (C=O) groups excluding carboxylic acids is 2. The van der Waals surface area contributed by atoms with E-state index in [0.29, 0.717) is 36.1 Å². The Morgan fingerprint density at radius 3 is 2.20 bits per heavy atom. The molecule has 69 heavy (non-hydrogen) atoms. The quantitative estimate of drug-likeness (QED) is 0.0803. The van der Waals surface area contributed by atoms with Crippen LogP contribution in [-0.4, -0.2) is 56.3 Å². The lowest BCUT2D eigenvalue weighted by molar-refractivity contribution is -0.109. The lowest BCUT2D eigenvalue weighted by Crippen LogP contribution is -2.37. The fraction of sp³-hybridized carbons (Fsp3) is 0.517. The zero-order chi connectivity index (χ0) is 51.5. The number of aromatic nitrogens is 1. The molecule has 2 N–H and O–H groups in total. The molecule has 2 amide bonds. The largest absolute Gasteiger partial charge is 0.493 e. The maximum Gasteiger partial charge on any atom is 0.258 e. The molecule has 1 aliphatic carbocycles. The fourth-order valence-electron chi connectivity index (χ4n) is 8.73. The van der Waals surface area contributed by atoms with Crippen LogP contribution in [0.4, 0.5) is 11.4 Å². The lowest BCUT2D eigenvalue weighted by Gasteiger charge is -2.29. The number of nitrogens with zero attached hydrogens (tertiary/aromatic N) is 2. The Morgan fingerprint density at radius 2 is 1.58 bits per heavy atom. The summed E-state index contributed by atoms with van der Waals surface area (Å²) >= 11 is 0. The first-order valence-electron chi connectivity index (χ1n) is 25.5. The molecule has 2 aliphatic rings. The number of allylic oxidation sites excluding steroid dienone is 3. The molecule has 0 bridgehead atoms. The minimum atomic E-state index is 0.00193. The van der Waals surface area contributed by atoms with Gasteiger partial charge in [-0.3, -0.25) is 14.6 Å². The molecule has 4 aromatic rings. The summed E-state index contributed by atoms with van der Waals surface area (Å²) in [7, 11) is 3.57. The van der Waals surface area contributed by atoms with Crippen molar-refractivity contribution in [2.24, 2.45) is 11.3 Å². The molecule has 2 atom stereocenters. The van der Waals surface area contributed by atoms with Crippen LogP contribution >= 0.6 is 0 Å². The molecule has 2 heterocycles. The summed E-state index contributed by atoms with van der Waals surface area (Å²) in [4.78, 5) is 30.8. The second kappa shape index (κ2) is 27.7. The average Bonchev–Trinajstić information content (AvgIpc) is 3.71. The molecule has 9 heteroatoms. The van der Waals surface area contributed by atoms with Gasteiger partial charge in [0.1, 0.15) is 6.61 Å². The molecule has 1 aliphatic heterocycles. The Balaban J connectivity index is 0.000000301. The van der Waals surface area contributed by atoms with Crippen LogP contribution in [0.15, 0.2) is 78.4 Å². The lowest BCUT2D eigenvalue weighted by atomic mass is 9.82. The third-order valence-corrected chi connectivity index (χ3v) is 12.6. The van der Waals surface area contributed by atoms with Crippen LogP contribution in [-0.2, 0) is 29.0 Å². The van der Waals surface area contributed by atoms with E-state index < -0.39 is 0 Å². The summed E-state index contributed by atoms with van der Waals surface area (Å²) in [5.41, 5.74) is 14.9. The van der Waals surface area contributed by atoms with Gasteiger partial charge in [-0.1, -0.05) is 105 Å².